The van der Waals surface area contributed by atoms with Gasteiger partial charge >= 0.3 is 23.7 Å². The number of nitrogen functional groups attached to an aromatic ring is 1. The molecule has 0 saturated carbocycles. The van der Waals surface area contributed by atoms with E-state index in [9.17, 15) is 46.0 Å². The zero-order chi connectivity index (χ0) is 34.9. The molecular formula is C24H26F6N10O6. The predicted molar refractivity (Wildman–Crippen MR) is 146 cm³/mol. The van der Waals surface area contributed by atoms with E-state index in [4.69, 9.17) is 15.2 Å². The maximum Gasteiger partial charge on any atom is 0.420 e. The molecule has 250 valence electrons. The molecule has 0 spiro atoms. The van der Waals surface area contributed by atoms with Crippen molar-refractivity contribution < 1.29 is 40.7 Å². The lowest BCUT2D eigenvalue weighted by atomic mass is 10.1. The van der Waals surface area contributed by atoms with Crippen molar-refractivity contribution in [2.45, 2.75) is 52.3 Å². The van der Waals surface area contributed by atoms with Crippen LogP contribution in [0.3, 0.4) is 0 Å². The first-order valence-corrected chi connectivity index (χ1v) is 12.9. The number of tetrazole rings is 2. The van der Waals surface area contributed by atoms with Gasteiger partial charge < -0.3 is 15.2 Å². The number of nitrogens with two attached hydrogens (primary N) is 1. The first-order valence-electron chi connectivity index (χ1n) is 12.9. The number of hydrogen-bond donors (Lipinski definition) is 1. The minimum Gasteiger partial charge on any atom is -0.488 e. The normalized spacial score (nSPS) is 11.9. The number of aryl methyl sites for hydroxylation is 2. The van der Waals surface area contributed by atoms with Crippen molar-refractivity contribution in [1.82, 2.24) is 39.6 Å². The summed E-state index contributed by atoms with van der Waals surface area (Å²) in [6, 6.07) is 3.07. The van der Waals surface area contributed by atoms with Crippen molar-refractivity contribution >= 4 is 11.4 Å². The van der Waals surface area contributed by atoms with Crippen LogP contribution in [0, 0.1) is 10.1 Å². The molecule has 2 N–H and O–H groups in total. The Morgan fingerprint density at radius 3 is 1.46 bits per heavy atom. The number of nitro groups is 1. The van der Waals surface area contributed by atoms with Gasteiger partial charge in [-0.1, -0.05) is 0 Å². The highest BCUT2D eigenvalue weighted by molar-refractivity contribution is 5.61. The predicted octanol–water partition coefficient (Wildman–Crippen LogP) is 3.03. The Hall–Kier alpha value is -5.44. The third-order valence-electron chi connectivity index (χ3n) is 5.57. The second-order valence-corrected chi connectivity index (χ2v) is 9.94. The summed E-state index contributed by atoms with van der Waals surface area (Å²) in [7, 11) is 2.56. The minimum absolute atomic E-state index is 0.170. The fourth-order valence-electron chi connectivity index (χ4n) is 3.72. The Bertz CT molecular complexity index is 1860. The van der Waals surface area contributed by atoms with Gasteiger partial charge in [-0.15, -0.1) is 0 Å². The summed E-state index contributed by atoms with van der Waals surface area (Å²) >= 11 is 0. The molecule has 2 heterocycles. The molecule has 0 bridgehead atoms. The van der Waals surface area contributed by atoms with Gasteiger partial charge in [-0.05, 0) is 60.7 Å². The van der Waals surface area contributed by atoms with E-state index in [1.165, 1.54) is 34.0 Å². The second kappa shape index (κ2) is 12.9. The van der Waals surface area contributed by atoms with Gasteiger partial charge in [0.25, 0.3) is 5.69 Å². The molecule has 4 aromatic rings. The Kier molecular flexibility index (Phi) is 9.82. The summed E-state index contributed by atoms with van der Waals surface area (Å²) < 4.78 is 92.9. The van der Waals surface area contributed by atoms with Crippen LogP contribution in [0.2, 0.25) is 0 Å². The fourth-order valence-corrected chi connectivity index (χ4v) is 3.72. The molecule has 0 aliphatic rings. The molecule has 16 nitrogen and oxygen atoms in total. The SMILES string of the molecule is CC(C)Oc1c(-n2nnn(C)c2=O)cc(N)cc1C(F)(F)F.CC(C)Oc1c(-n2nnn(C)c2=O)cc([N+](=O)[O-])cc1C(F)(F)F. The maximum absolute atomic E-state index is 13.3. The molecule has 0 atom stereocenters. The number of aromatic nitrogens is 8. The molecule has 2 aromatic heterocycles. The fraction of sp³-hybridized carbons (Fsp3) is 0.417. The van der Waals surface area contributed by atoms with Crippen LogP contribution >= 0.6 is 0 Å². The van der Waals surface area contributed by atoms with E-state index in [-0.39, 0.29) is 11.4 Å². The van der Waals surface area contributed by atoms with Gasteiger partial charge in [0, 0.05) is 31.9 Å². The number of nitrogens with zero attached hydrogens (tertiary/aromatic N) is 9. The Morgan fingerprint density at radius 1 is 0.739 bits per heavy atom. The van der Waals surface area contributed by atoms with Crippen LogP contribution < -0.4 is 26.6 Å². The Balaban J connectivity index is 0.000000251. The van der Waals surface area contributed by atoms with Gasteiger partial charge in [-0.2, -0.15) is 45.1 Å². The zero-order valence-corrected chi connectivity index (χ0v) is 24.8. The molecule has 46 heavy (non-hydrogen) atoms. The van der Waals surface area contributed by atoms with Crippen molar-refractivity contribution in [3.05, 3.63) is 66.5 Å². The van der Waals surface area contributed by atoms with Gasteiger partial charge in [-0.25, -0.2) is 9.59 Å². The van der Waals surface area contributed by atoms with Crippen LogP contribution in [0.1, 0.15) is 38.8 Å². The summed E-state index contributed by atoms with van der Waals surface area (Å²) in [5.41, 5.74) is -0.267. The van der Waals surface area contributed by atoms with E-state index in [0.29, 0.717) is 15.4 Å². The molecule has 22 heteroatoms. The standard InChI is InChI=1S/C12H12F3N5O4.C12H14F3N5O2/c1-6(2)24-10-8(12(13,14)15)4-7(20(22)23)5-9(10)19-11(21)18(3)16-17-19;1-6(2)22-10-8(12(13,14)15)4-7(16)5-9(10)20-11(21)19(3)17-18-20/h4-6H,1-3H3;4-6H,16H2,1-3H3. The number of rotatable bonds is 7. The summed E-state index contributed by atoms with van der Waals surface area (Å²) in [5, 5.41) is 24.8. The highest BCUT2D eigenvalue weighted by atomic mass is 19.4. The largest absolute Gasteiger partial charge is 0.488 e. The highest BCUT2D eigenvalue weighted by Crippen LogP contribution is 2.43. The number of nitro benzene ring substituents is 1. The monoisotopic (exact) mass is 664 g/mol. The molecular weight excluding hydrogens is 638 g/mol. The topological polar surface area (TPSA) is 193 Å². The van der Waals surface area contributed by atoms with E-state index >= 15 is 0 Å². The Labute approximate surface area is 253 Å². The molecule has 0 fully saturated rings. The first kappa shape index (κ1) is 35.0. The molecule has 0 aliphatic heterocycles. The highest BCUT2D eigenvalue weighted by Gasteiger charge is 2.39. The number of non-ortho nitro benzene ring substituents is 1. The maximum atomic E-state index is 13.3. The first-order chi connectivity index (χ1) is 21.1. The van der Waals surface area contributed by atoms with Gasteiger partial charge in [0.15, 0.2) is 11.5 Å². The average molecular weight is 665 g/mol. The summed E-state index contributed by atoms with van der Waals surface area (Å²) in [5.74, 6) is -1.25. The zero-order valence-electron chi connectivity index (χ0n) is 24.8. The molecule has 0 radical (unpaired) electrons. The van der Waals surface area contributed by atoms with Crippen molar-refractivity contribution in [3.63, 3.8) is 0 Å². The quantitative estimate of drug-likeness (QED) is 0.132. The number of alkyl halides is 6. The number of anilines is 1. The lowest BCUT2D eigenvalue weighted by Crippen LogP contribution is -2.24. The number of halogens is 6. The van der Waals surface area contributed by atoms with Crippen molar-refractivity contribution in [3.8, 4) is 22.9 Å². The molecule has 0 unspecified atom stereocenters. The van der Waals surface area contributed by atoms with Crippen LogP contribution in [0.25, 0.3) is 11.4 Å². The number of ether oxygens (including phenoxy) is 2. The van der Waals surface area contributed by atoms with E-state index in [2.05, 4.69) is 20.9 Å². The number of benzene rings is 2. The molecule has 4 rings (SSSR count). The molecule has 0 amide bonds. The Morgan fingerprint density at radius 2 is 1.13 bits per heavy atom. The van der Waals surface area contributed by atoms with Crippen LogP contribution in [-0.4, -0.2) is 56.7 Å². The molecule has 0 aliphatic carbocycles. The summed E-state index contributed by atoms with van der Waals surface area (Å²) in [4.78, 5) is 33.8. The van der Waals surface area contributed by atoms with Crippen LogP contribution in [0.5, 0.6) is 11.5 Å². The minimum atomic E-state index is -4.93. The average Bonchev–Trinajstić information content (AvgIpc) is 3.43. The summed E-state index contributed by atoms with van der Waals surface area (Å²) in [6.45, 7) is 6.09. The van der Waals surface area contributed by atoms with Crippen LogP contribution in [0.4, 0.5) is 37.7 Å². The lowest BCUT2D eigenvalue weighted by Gasteiger charge is -2.19. The second-order valence-electron chi connectivity index (χ2n) is 9.94. The van der Waals surface area contributed by atoms with Gasteiger partial charge in [0.05, 0.1) is 17.1 Å². The smallest absolute Gasteiger partial charge is 0.420 e. The van der Waals surface area contributed by atoms with Gasteiger partial charge in [-0.3, -0.25) is 10.1 Å². The van der Waals surface area contributed by atoms with E-state index in [1.54, 1.807) is 13.8 Å². The van der Waals surface area contributed by atoms with Crippen LogP contribution in [0.15, 0.2) is 33.9 Å². The van der Waals surface area contributed by atoms with Crippen LogP contribution in [-0.2, 0) is 26.4 Å². The third-order valence-corrected chi connectivity index (χ3v) is 5.57. The lowest BCUT2D eigenvalue weighted by molar-refractivity contribution is -0.385. The van der Waals surface area contributed by atoms with E-state index < -0.39 is 74.9 Å². The van der Waals surface area contributed by atoms with Gasteiger partial charge in [0.2, 0.25) is 0 Å². The third kappa shape index (κ3) is 7.61. The summed E-state index contributed by atoms with van der Waals surface area (Å²) in [6.07, 6.45) is -10.9. The van der Waals surface area contributed by atoms with Crippen molar-refractivity contribution in [2.75, 3.05) is 5.73 Å². The van der Waals surface area contributed by atoms with Gasteiger partial charge in [0.1, 0.15) is 22.5 Å². The molecule has 2 aromatic carbocycles. The van der Waals surface area contributed by atoms with E-state index in [1.807, 2.05) is 0 Å². The molecule has 0 saturated heterocycles. The van der Waals surface area contributed by atoms with E-state index in [0.717, 1.165) is 21.5 Å². The van der Waals surface area contributed by atoms with Crippen molar-refractivity contribution in [1.29, 1.82) is 0 Å². The van der Waals surface area contributed by atoms with Crippen molar-refractivity contribution in [2.24, 2.45) is 14.1 Å². The number of hydrogen-bond acceptors (Lipinski definition) is 11.